The van der Waals surface area contributed by atoms with Crippen LogP contribution in [0.3, 0.4) is 0 Å². The quantitative estimate of drug-likeness (QED) is 0.823. The van der Waals surface area contributed by atoms with Crippen LogP contribution in [0.25, 0.3) is 0 Å². The van der Waals surface area contributed by atoms with Gasteiger partial charge in [0.1, 0.15) is 0 Å². The van der Waals surface area contributed by atoms with Crippen LogP contribution >= 0.6 is 11.6 Å². The van der Waals surface area contributed by atoms with E-state index in [4.69, 9.17) is 11.6 Å². The molecule has 5 heteroatoms. The van der Waals surface area contributed by atoms with Crippen molar-refractivity contribution >= 4 is 23.3 Å². The van der Waals surface area contributed by atoms with E-state index in [0.29, 0.717) is 36.6 Å². The lowest BCUT2D eigenvalue weighted by Gasteiger charge is -2.35. The van der Waals surface area contributed by atoms with Crippen molar-refractivity contribution in [1.29, 1.82) is 0 Å². The Kier molecular flexibility index (Phi) is 3.78. The van der Waals surface area contributed by atoms with Crippen LogP contribution in [0, 0.1) is 0 Å². The Morgan fingerprint density at radius 2 is 2.11 bits per heavy atom. The van der Waals surface area contributed by atoms with Crippen LogP contribution < -0.4 is 5.32 Å². The number of piperidine rings is 1. The maximum Gasteiger partial charge on any atom is 0.321 e. The van der Waals surface area contributed by atoms with E-state index in [1.807, 2.05) is 0 Å². The molecule has 1 saturated heterocycles. The van der Waals surface area contributed by atoms with Crippen molar-refractivity contribution in [2.24, 2.45) is 0 Å². The Labute approximate surface area is 112 Å². The Hall–Kier alpha value is -1.26. The maximum atomic E-state index is 12.0. The molecule has 0 radical (unpaired) electrons. The first-order valence-electron chi connectivity index (χ1n) is 6.00. The summed E-state index contributed by atoms with van der Waals surface area (Å²) in [5.74, 6) is 0. The summed E-state index contributed by atoms with van der Waals surface area (Å²) in [6.07, 6.45) is 1.21. The number of anilines is 1. The van der Waals surface area contributed by atoms with Gasteiger partial charge < -0.3 is 15.3 Å². The number of benzene rings is 1. The average molecular weight is 269 g/mol. The first kappa shape index (κ1) is 13.2. The molecule has 0 unspecified atom stereocenters. The highest BCUT2D eigenvalue weighted by Gasteiger charge is 2.29. The van der Waals surface area contributed by atoms with Crippen molar-refractivity contribution in [3.05, 3.63) is 29.3 Å². The fourth-order valence-electron chi connectivity index (χ4n) is 1.96. The molecule has 1 heterocycles. The number of nitrogens with zero attached hydrogens (tertiary/aromatic N) is 1. The second-order valence-corrected chi connectivity index (χ2v) is 5.36. The molecule has 1 aliphatic rings. The Bertz CT molecular complexity index is 438. The highest BCUT2D eigenvalue weighted by atomic mass is 35.5. The minimum absolute atomic E-state index is 0.146. The van der Waals surface area contributed by atoms with E-state index in [0.717, 1.165) is 0 Å². The second-order valence-electron chi connectivity index (χ2n) is 4.92. The number of carbonyl (C=O) groups excluding carboxylic acids is 1. The molecular weight excluding hydrogens is 252 g/mol. The lowest BCUT2D eigenvalue weighted by molar-refractivity contribution is 0.00570. The molecule has 1 aliphatic heterocycles. The van der Waals surface area contributed by atoms with Crippen LogP contribution in [0.15, 0.2) is 24.3 Å². The van der Waals surface area contributed by atoms with Gasteiger partial charge in [0, 0.05) is 23.8 Å². The maximum absolute atomic E-state index is 12.0. The summed E-state index contributed by atoms with van der Waals surface area (Å²) in [6, 6.07) is 6.91. The fourth-order valence-corrected chi connectivity index (χ4v) is 2.15. The Morgan fingerprint density at radius 3 is 2.72 bits per heavy atom. The first-order valence-corrected chi connectivity index (χ1v) is 6.38. The summed E-state index contributed by atoms with van der Waals surface area (Å²) in [6.45, 7) is 2.94. The zero-order chi connectivity index (χ0) is 13.2. The zero-order valence-electron chi connectivity index (χ0n) is 10.3. The number of hydrogen-bond donors (Lipinski definition) is 2. The summed E-state index contributed by atoms with van der Waals surface area (Å²) in [5, 5.41) is 13.2. The minimum Gasteiger partial charge on any atom is -0.390 e. The molecule has 0 aliphatic carbocycles. The standard InChI is InChI=1S/C13H17ClN2O2/c1-13(18)5-7-16(8-6-13)12(17)15-11-4-2-3-10(14)9-11/h2-4,9,18H,5-8H2,1H3,(H,15,17). The number of urea groups is 1. The van der Waals surface area contributed by atoms with Crippen LogP contribution in [0.5, 0.6) is 0 Å². The molecule has 2 rings (SSSR count). The number of aliphatic hydroxyl groups is 1. The van der Waals surface area contributed by atoms with E-state index < -0.39 is 5.60 Å². The van der Waals surface area contributed by atoms with Crippen molar-refractivity contribution in [2.75, 3.05) is 18.4 Å². The van der Waals surface area contributed by atoms with Gasteiger partial charge >= 0.3 is 6.03 Å². The van der Waals surface area contributed by atoms with E-state index in [1.54, 1.807) is 36.1 Å². The summed E-state index contributed by atoms with van der Waals surface area (Å²) < 4.78 is 0. The van der Waals surface area contributed by atoms with Gasteiger partial charge in [-0.05, 0) is 38.0 Å². The molecule has 0 saturated carbocycles. The molecule has 0 aromatic heterocycles. The first-order chi connectivity index (χ1) is 8.46. The van der Waals surface area contributed by atoms with Crippen LogP contribution in [-0.4, -0.2) is 34.7 Å². The lowest BCUT2D eigenvalue weighted by Crippen LogP contribution is -2.46. The summed E-state index contributed by atoms with van der Waals surface area (Å²) in [5.41, 5.74) is 0.0390. The van der Waals surface area contributed by atoms with Crippen LogP contribution in [0.4, 0.5) is 10.5 Å². The zero-order valence-corrected chi connectivity index (χ0v) is 11.1. The second kappa shape index (κ2) is 5.16. The van der Waals surface area contributed by atoms with Gasteiger partial charge in [0.15, 0.2) is 0 Å². The molecule has 18 heavy (non-hydrogen) atoms. The number of halogens is 1. The minimum atomic E-state index is -0.646. The van der Waals surface area contributed by atoms with Crippen molar-refractivity contribution in [3.8, 4) is 0 Å². The van der Waals surface area contributed by atoms with Gasteiger partial charge in [0.2, 0.25) is 0 Å². The van der Waals surface area contributed by atoms with Crippen molar-refractivity contribution in [3.63, 3.8) is 0 Å². The Balaban J connectivity index is 1.93. The SMILES string of the molecule is CC1(O)CCN(C(=O)Nc2cccc(Cl)c2)CC1. The molecule has 98 valence electrons. The van der Waals surface area contributed by atoms with Gasteiger partial charge in [-0.15, -0.1) is 0 Å². The molecule has 0 bridgehead atoms. The molecule has 2 amide bonds. The van der Waals surface area contributed by atoms with Gasteiger partial charge in [-0.1, -0.05) is 17.7 Å². The van der Waals surface area contributed by atoms with Gasteiger partial charge in [-0.3, -0.25) is 0 Å². The average Bonchev–Trinajstić information content (AvgIpc) is 2.28. The van der Waals surface area contributed by atoms with Gasteiger partial charge in [0.05, 0.1) is 5.60 Å². The van der Waals surface area contributed by atoms with Crippen molar-refractivity contribution in [1.82, 2.24) is 4.90 Å². The third-order valence-electron chi connectivity index (χ3n) is 3.20. The van der Waals surface area contributed by atoms with E-state index in [2.05, 4.69) is 5.32 Å². The fraction of sp³-hybridized carbons (Fsp3) is 0.462. The number of nitrogens with one attached hydrogen (secondary N) is 1. The third kappa shape index (κ3) is 3.37. The van der Waals surface area contributed by atoms with E-state index >= 15 is 0 Å². The molecule has 0 spiro atoms. The number of carbonyl (C=O) groups is 1. The molecule has 1 fully saturated rings. The summed E-state index contributed by atoms with van der Waals surface area (Å²) in [7, 11) is 0. The van der Waals surface area contributed by atoms with Gasteiger partial charge in [-0.25, -0.2) is 4.79 Å². The largest absolute Gasteiger partial charge is 0.390 e. The summed E-state index contributed by atoms with van der Waals surface area (Å²) in [4.78, 5) is 13.7. The van der Waals surface area contributed by atoms with E-state index in [9.17, 15) is 9.90 Å². The van der Waals surface area contributed by atoms with Crippen molar-refractivity contribution < 1.29 is 9.90 Å². The number of likely N-dealkylation sites (tertiary alicyclic amines) is 1. The van der Waals surface area contributed by atoms with Crippen LogP contribution in [-0.2, 0) is 0 Å². The monoisotopic (exact) mass is 268 g/mol. The number of hydrogen-bond acceptors (Lipinski definition) is 2. The molecular formula is C13H17ClN2O2. The van der Waals surface area contributed by atoms with E-state index in [-0.39, 0.29) is 6.03 Å². The molecule has 4 nitrogen and oxygen atoms in total. The van der Waals surface area contributed by atoms with Gasteiger partial charge in [0.25, 0.3) is 0 Å². The Morgan fingerprint density at radius 1 is 1.44 bits per heavy atom. The number of rotatable bonds is 1. The third-order valence-corrected chi connectivity index (χ3v) is 3.44. The van der Waals surface area contributed by atoms with Crippen LogP contribution in [0.2, 0.25) is 5.02 Å². The predicted octanol–water partition coefficient (Wildman–Crippen LogP) is 2.72. The topological polar surface area (TPSA) is 52.6 Å². The number of amides is 2. The molecule has 1 aromatic carbocycles. The predicted molar refractivity (Wildman–Crippen MR) is 71.9 cm³/mol. The summed E-state index contributed by atoms with van der Waals surface area (Å²) >= 11 is 5.85. The molecule has 2 N–H and O–H groups in total. The van der Waals surface area contributed by atoms with Crippen molar-refractivity contribution in [2.45, 2.75) is 25.4 Å². The van der Waals surface area contributed by atoms with Gasteiger partial charge in [-0.2, -0.15) is 0 Å². The normalized spacial score (nSPS) is 18.5. The smallest absolute Gasteiger partial charge is 0.321 e. The molecule has 0 atom stereocenters. The highest BCUT2D eigenvalue weighted by Crippen LogP contribution is 2.22. The van der Waals surface area contributed by atoms with E-state index in [1.165, 1.54) is 0 Å². The molecule has 1 aromatic rings. The van der Waals surface area contributed by atoms with Crippen LogP contribution in [0.1, 0.15) is 19.8 Å². The lowest BCUT2D eigenvalue weighted by atomic mass is 9.94. The highest BCUT2D eigenvalue weighted by molar-refractivity contribution is 6.30.